The van der Waals surface area contributed by atoms with E-state index in [0.29, 0.717) is 35.3 Å². The standard InChI is InChI=1S/C27H29N5O2S/c1-17(13-20-9-6-5-7-10-20)24-29-30-25(34-24)21-14-19(3)31(4)23(15-21)27(33)32-12-8-11-22(32)26-28-18(2)16-35-26/h5-7,9-10,14-17,22H,3,8,11-13H2,1-2,4H3/t17-,22+/m0/s1. The lowest BCUT2D eigenvalue weighted by Crippen LogP contribution is -2.37. The molecule has 180 valence electrons. The Labute approximate surface area is 209 Å². The Kier molecular flexibility index (Phi) is 6.38. The van der Waals surface area contributed by atoms with Crippen molar-refractivity contribution in [2.75, 3.05) is 13.6 Å². The summed E-state index contributed by atoms with van der Waals surface area (Å²) in [5.41, 5.74) is 4.15. The topological polar surface area (TPSA) is 75.4 Å². The van der Waals surface area contributed by atoms with Crippen LogP contribution >= 0.6 is 11.3 Å². The number of aromatic nitrogens is 3. The van der Waals surface area contributed by atoms with Crippen LogP contribution in [-0.2, 0) is 11.2 Å². The zero-order valence-electron chi connectivity index (χ0n) is 20.3. The van der Waals surface area contributed by atoms with Crippen molar-refractivity contribution in [3.8, 4) is 0 Å². The Morgan fingerprint density at radius 1 is 1.26 bits per heavy atom. The van der Waals surface area contributed by atoms with E-state index in [1.807, 2.05) is 59.5 Å². The molecule has 0 spiro atoms. The number of allylic oxidation sites excluding steroid dienone is 3. The lowest BCUT2D eigenvalue weighted by Gasteiger charge is -2.31. The number of thiazole rings is 1. The highest BCUT2D eigenvalue weighted by atomic mass is 32.1. The molecule has 35 heavy (non-hydrogen) atoms. The van der Waals surface area contributed by atoms with Crippen LogP contribution in [0.2, 0.25) is 0 Å². The molecule has 1 saturated heterocycles. The van der Waals surface area contributed by atoms with Crippen molar-refractivity contribution < 1.29 is 9.21 Å². The molecule has 2 atom stereocenters. The van der Waals surface area contributed by atoms with Crippen LogP contribution < -0.4 is 0 Å². The van der Waals surface area contributed by atoms with Gasteiger partial charge in [0.2, 0.25) is 11.8 Å². The maximum Gasteiger partial charge on any atom is 0.271 e. The third kappa shape index (κ3) is 4.71. The Hall–Kier alpha value is -3.52. The molecule has 1 fully saturated rings. The lowest BCUT2D eigenvalue weighted by atomic mass is 10.0. The van der Waals surface area contributed by atoms with E-state index in [-0.39, 0.29) is 17.9 Å². The predicted octanol–water partition coefficient (Wildman–Crippen LogP) is 5.27. The third-order valence-electron chi connectivity index (χ3n) is 6.55. The molecule has 1 amide bonds. The number of likely N-dealkylation sites (N-methyl/N-ethyl adjacent to an activating group) is 1. The SMILES string of the molecule is C=C1C=C(c2nnc([C@@H](C)Cc3ccccc3)o2)C=C(C(=O)N2CCC[C@@H]2c2nc(C)cs2)N1C. The Balaban J connectivity index is 1.38. The molecule has 0 radical (unpaired) electrons. The van der Waals surface area contributed by atoms with Gasteiger partial charge < -0.3 is 14.2 Å². The second-order valence-electron chi connectivity index (χ2n) is 9.20. The first-order valence-electron chi connectivity index (χ1n) is 11.9. The number of carbonyl (C=O) groups excluding carboxylic acids is 1. The summed E-state index contributed by atoms with van der Waals surface area (Å²) in [7, 11) is 1.86. The molecule has 2 aliphatic heterocycles. The fraction of sp³-hybridized carbons (Fsp3) is 0.333. The summed E-state index contributed by atoms with van der Waals surface area (Å²) >= 11 is 1.62. The van der Waals surface area contributed by atoms with E-state index in [1.54, 1.807) is 11.3 Å². The monoisotopic (exact) mass is 487 g/mol. The quantitative estimate of drug-likeness (QED) is 0.471. The van der Waals surface area contributed by atoms with Crippen LogP contribution in [0.1, 0.15) is 59.8 Å². The smallest absolute Gasteiger partial charge is 0.271 e. The molecule has 2 aliphatic rings. The summed E-state index contributed by atoms with van der Waals surface area (Å²) in [5, 5.41) is 11.6. The maximum atomic E-state index is 13.7. The molecular formula is C27H29N5O2S. The third-order valence-corrected chi connectivity index (χ3v) is 7.62. The highest BCUT2D eigenvalue weighted by molar-refractivity contribution is 7.09. The van der Waals surface area contributed by atoms with E-state index >= 15 is 0 Å². The van der Waals surface area contributed by atoms with Gasteiger partial charge in [-0.05, 0) is 43.9 Å². The Morgan fingerprint density at radius 3 is 2.80 bits per heavy atom. The summed E-state index contributed by atoms with van der Waals surface area (Å²) in [5.74, 6) is 1.01. The van der Waals surface area contributed by atoms with E-state index in [0.717, 1.165) is 30.0 Å². The Bertz CT molecular complexity index is 1310. The molecule has 5 rings (SSSR count). The predicted molar refractivity (Wildman–Crippen MR) is 136 cm³/mol. The molecule has 1 aromatic carbocycles. The molecular weight excluding hydrogens is 458 g/mol. The molecule has 2 aromatic heterocycles. The van der Waals surface area contributed by atoms with Crippen LogP contribution in [0.5, 0.6) is 0 Å². The van der Waals surface area contributed by atoms with Crippen molar-refractivity contribution in [1.82, 2.24) is 25.0 Å². The van der Waals surface area contributed by atoms with E-state index in [9.17, 15) is 4.79 Å². The summed E-state index contributed by atoms with van der Waals surface area (Å²) < 4.78 is 6.06. The van der Waals surface area contributed by atoms with Crippen molar-refractivity contribution >= 4 is 22.8 Å². The number of aryl methyl sites for hydroxylation is 1. The van der Waals surface area contributed by atoms with Crippen LogP contribution in [0.15, 0.2) is 70.3 Å². The zero-order valence-corrected chi connectivity index (χ0v) is 21.1. The number of hydrogen-bond donors (Lipinski definition) is 0. The highest BCUT2D eigenvalue weighted by Gasteiger charge is 2.35. The van der Waals surface area contributed by atoms with Gasteiger partial charge in [-0.2, -0.15) is 0 Å². The van der Waals surface area contributed by atoms with Gasteiger partial charge in [-0.15, -0.1) is 21.5 Å². The van der Waals surface area contributed by atoms with Gasteiger partial charge in [-0.1, -0.05) is 43.8 Å². The van der Waals surface area contributed by atoms with Crippen LogP contribution in [0.25, 0.3) is 5.57 Å². The fourth-order valence-corrected chi connectivity index (χ4v) is 5.53. The first kappa shape index (κ1) is 23.2. The van der Waals surface area contributed by atoms with E-state index in [1.165, 1.54) is 5.56 Å². The van der Waals surface area contributed by atoms with E-state index in [2.05, 4.69) is 40.8 Å². The Morgan fingerprint density at radius 2 is 2.06 bits per heavy atom. The summed E-state index contributed by atoms with van der Waals surface area (Å²) in [4.78, 5) is 22.1. The van der Waals surface area contributed by atoms with E-state index in [4.69, 9.17) is 4.42 Å². The van der Waals surface area contributed by atoms with Crippen molar-refractivity contribution in [2.24, 2.45) is 0 Å². The second kappa shape index (κ2) is 9.62. The fourth-order valence-electron chi connectivity index (χ4n) is 4.59. The van der Waals surface area contributed by atoms with E-state index < -0.39 is 0 Å². The molecule has 0 aliphatic carbocycles. The van der Waals surface area contributed by atoms with Gasteiger partial charge >= 0.3 is 0 Å². The minimum atomic E-state index is -0.0354. The largest absolute Gasteiger partial charge is 0.420 e. The van der Waals surface area contributed by atoms with Gasteiger partial charge in [0, 0.05) is 41.9 Å². The molecule has 0 N–H and O–H groups in total. The maximum absolute atomic E-state index is 13.7. The average Bonchev–Trinajstić information content (AvgIpc) is 3.61. The van der Waals surface area contributed by atoms with Crippen LogP contribution in [-0.4, -0.2) is 44.5 Å². The van der Waals surface area contributed by atoms with Crippen LogP contribution in [0.4, 0.5) is 0 Å². The second-order valence-corrected chi connectivity index (χ2v) is 10.1. The van der Waals surface area contributed by atoms with Crippen molar-refractivity contribution in [2.45, 2.75) is 45.1 Å². The summed E-state index contributed by atoms with van der Waals surface area (Å²) in [6.07, 6.45) is 6.40. The van der Waals surface area contributed by atoms with Crippen LogP contribution in [0, 0.1) is 6.92 Å². The first-order chi connectivity index (χ1) is 16.9. The van der Waals surface area contributed by atoms with Crippen molar-refractivity contribution in [3.63, 3.8) is 0 Å². The molecule has 0 unspecified atom stereocenters. The number of benzene rings is 1. The van der Waals surface area contributed by atoms with Crippen molar-refractivity contribution in [3.05, 3.63) is 93.9 Å². The number of rotatable bonds is 6. The number of hydrogen-bond acceptors (Lipinski definition) is 7. The number of nitrogens with zero attached hydrogens (tertiary/aromatic N) is 5. The number of likely N-dealkylation sites (tertiary alicyclic amines) is 1. The summed E-state index contributed by atoms with van der Waals surface area (Å²) in [6.45, 7) is 8.91. The highest BCUT2D eigenvalue weighted by Crippen LogP contribution is 2.37. The molecule has 0 bridgehead atoms. The van der Waals surface area contributed by atoms with Gasteiger partial charge in [-0.25, -0.2) is 4.98 Å². The van der Waals surface area contributed by atoms with Gasteiger partial charge in [-0.3, -0.25) is 4.79 Å². The van der Waals surface area contributed by atoms with Gasteiger partial charge in [0.15, 0.2) is 0 Å². The molecule has 7 nitrogen and oxygen atoms in total. The van der Waals surface area contributed by atoms with Gasteiger partial charge in [0.25, 0.3) is 5.91 Å². The molecule has 4 heterocycles. The van der Waals surface area contributed by atoms with Crippen molar-refractivity contribution in [1.29, 1.82) is 0 Å². The molecule has 0 saturated carbocycles. The molecule has 8 heteroatoms. The van der Waals surface area contributed by atoms with Gasteiger partial charge in [0.1, 0.15) is 10.7 Å². The average molecular weight is 488 g/mol. The first-order valence-corrected chi connectivity index (χ1v) is 12.8. The minimum absolute atomic E-state index is 0.00645. The lowest BCUT2D eigenvalue weighted by molar-refractivity contribution is -0.129. The zero-order chi connectivity index (χ0) is 24.5. The van der Waals surface area contributed by atoms with Crippen LogP contribution in [0.3, 0.4) is 0 Å². The summed E-state index contributed by atoms with van der Waals surface area (Å²) in [6, 6.07) is 10.3. The minimum Gasteiger partial charge on any atom is -0.420 e. The van der Waals surface area contributed by atoms with Gasteiger partial charge in [0.05, 0.1) is 6.04 Å². The molecule has 3 aromatic rings. The number of amides is 1. The number of carbonyl (C=O) groups is 1. The normalized spacial score (nSPS) is 19.1.